The molecular formula is C23H20ClN3O4S2. The van der Waals surface area contributed by atoms with Crippen molar-refractivity contribution < 1.29 is 17.9 Å². The number of sulfonamides is 1. The number of nitrogens with one attached hydrogen (secondary N) is 2. The lowest BCUT2D eigenvalue weighted by molar-refractivity contribution is 0.0967. The minimum atomic E-state index is -3.96. The number of fused-ring (bicyclic) bond motifs is 1. The van der Waals surface area contributed by atoms with Crippen molar-refractivity contribution in [3.63, 3.8) is 0 Å². The lowest BCUT2D eigenvalue weighted by atomic mass is 10.0. The molecule has 10 heteroatoms. The number of pyridine rings is 1. The van der Waals surface area contributed by atoms with Crippen molar-refractivity contribution in [2.45, 2.75) is 11.8 Å². The number of rotatable bonds is 6. The number of nitrogens with zero attached hydrogens (tertiary/aromatic N) is 1. The van der Waals surface area contributed by atoms with Gasteiger partial charge in [-0.1, -0.05) is 29.8 Å². The third kappa shape index (κ3) is 4.52. The molecular weight excluding hydrogens is 482 g/mol. The average molecular weight is 502 g/mol. The molecule has 7 nitrogen and oxygen atoms in total. The van der Waals surface area contributed by atoms with Crippen molar-refractivity contribution in [1.82, 2.24) is 10.3 Å². The zero-order chi connectivity index (χ0) is 23.8. The molecule has 0 spiro atoms. The van der Waals surface area contributed by atoms with Crippen LogP contribution in [0.5, 0.6) is 5.75 Å². The summed E-state index contributed by atoms with van der Waals surface area (Å²) in [6.45, 7) is 1.77. The van der Waals surface area contributed by atoms with Gasteiger partial charge in [-0.3, -0.25) is 9.52 Å². The van der Waals surface area contributed by atoms with Gasteiger partial charge in [0, 0.05) is 28.7 Å². The van der Waals surface area contributed by atoms with E-state index in [0.717, 1.165) is 0 Å². The minimum absolute atomic E-state index is 0.0299. The molecule has 0 aliphatic heterocycles. The van der Waals surface area contributed by atoms with Gasteiger partial charge in [-0.15, -0.1) is 11.3 Å². The second-order valence-electron chi connectivity index (χ2n) is 7.17. The molecule has 170 valence electrons. The minimum Gasteiger partial charge on any atom is -0.497 e. The fraction of sp³-hybridized carbons (Fsp3) is 0.130. The van der Waals surface area contributed by atoms with Crippen molar-refractivity contribution in [2.75, 3.05) is 18.9 Å². The molecule has 2 N–H and O–H groups in total. The number of hydrogen-bond acceptors (Lipinski definition) is 6. The van der Waals surface area contributed by atoms with Crippen molar-refractivity contribution >= 4 is 54.8 Å². The van der Waals surface area contributed by atoms with Gasteiger partial charge in [0.2, 0.25) is 0 Å². The first-order chi connectivity index (χ1) is 15.7. The van der Waals surface area contributed by atoms with Crippen LogP contribution in [0.1, 0.15) is 15.4 Å². The van der Waals surface area contributed by atoms with Crippen LogP contribution in [0.4, 0.5) is 5.69 Å². The van der Waals surface area contributed by atoms with E-state index in [9.17, 15) is 13.2 Å². The summed E-state index contributed by atoms with van der Waals surface area (Å²) in [5.41, 5.74) is 2.20. The second kappa shape index (κ2) is 9.01. The van der Waals surface area contributed by atoms with Gasteiger partial charge in [-0.05, 0) is 48.9 Å². The number of carbonyl (C=O) groups excluding carboxylic acids is 1. The summed E-state index contributed by atoms with van der Waals surface area (Å²) in [5.74, 6) is 0.313. The molecule has 2 heterocycles. The smallest absolute Gasteiger partial charge is 0.261 e. The lowest BCUT2D eigenvalue weighted by Crippen LogP contribution is -2.17. The highest BCUT2D eigenvalue weighted by Gasteiger charge is 2.25. The molecule has 0 saturated heterocycles. The Morgan fingerprint density at radius 1 is 1.12 bits per heavy atom. The van der Waals surface area contributed by atoms with E-state index in [2.05, 4.69) is 15.0 Å². The molecule has 33 heavy (non-hydrogen) atoms. The fourth-order valence-corrected chi connectivity index (χ4v) is 6.04. The molecule has 0 atom stereocenters. The maximum Gasteiger partial charge on any atom is 0.261 e. The van der Waals surface area contributed by atoms with Crippen molar-refractivity contribution in [3.8, 4) is 16.9 Å². The van der Waals surface area contributed by atoms with E-state index in [1.54, 1.807) is 51.4 Å². The quantitative estimate of drug-likeness (QED) is 0.383. The third-order valence-corrected chi connectivity index (χ3v) is 7.61. The van der Waals surface area contributed by atoms with Gasteiger partial charge < -0.3 is 10.1 Å². The molecule has 0 radical (unpaired) electrons. The van der Waals surface area contributed by atoms with E-state index in [4.69, 9.17) is 16.3 Å². The number of ether oxygens (including phenoxy) is 1. The van der Waals surface area contributed by atoms with Gasteiger partial charge >= 0.3 is 0 Å². The zero-order valence-electron chi connectivity index (χ0n) is 18.0. The van der Waals surface area contributed by atoms with Gasteiger partial charge in [-0.2, -0.15) is 0 Å². The van der Waals surface area contributed by atoms with Crippen LogP contribution >= 0.6 is 22.9 Å². The van der Waals surface area contributed by atoms with E-state index in [1.165, 1.54) is 23.5 Å². The number of benzene rings is 2. The number of halogens is 1. The summed E-state index contributed by atoms with van der Waals surface area (Å²) in [6.07, 6.45) is 0. The zero-order valence-corrected chi connectivity index (χ0v) is 20.4. The number of hydrogen-bond donors (Lipinski definition) is 2. The maximum atomic E-state index is 13.2. The first-order valence-corrected chi connectivity index (χ1v) is 12.5. The third-order valence-electron chi connectivity index (χ3n) is 4.93. The molecule has 1 amide bonds. The first kappa shape index (κ1) is 23.0. The van der Waals surface area contributed by atoms with E-state index in [1.807, 2.05) is 12.1 Å². The first-order valence-electron chi connectivity index (χ1n) is 9.82. The molecule has 0 bridgehead atoms. The van der Waals surface area contributed by atoms with E-state index in [-0.39, 0.29) is 10.8 Å². The average Bonchev–Trinajstić information content (AvgIpc) is 3.18. The summed E-state index contributed by atoms with van der Waals surface area (Å²) in [6, 6.07) is 14.9. The van der Waals surface area contributed by atoms with Crippen LogP contribution < -0.4 is 14.8 Å². The summed E-state index contributed by atoms with van der Waals surface area (Å²) >= 11 is 7.20. The normalized spacial score (nSPS) is 11.4. The Morgan fingerprint density at radius 2 is 1.88 bits per heavy atom. The Balaban J connectivity index is 1.99. The largest absolute Gasteiger partial charge is 0.497 e. The second-order valence-corrected chi connectivity index (χ2v) is 10.3. The Kier molecular flexibility index (Phi) is 6.29. The van der Waals surface area contributed by atoms with Gasteiger partial charge in [0.1, 0.15) is 15.5 Å². The highest BCUT2D eigenvalue weighted by molar-refractivity contribution is 7.92. The van der Waals surface area contributed by atoms with E-state index >= 15 is 0 Å². The molecule has 0 saturated carbocycles. The summed E-state index contributed by atoms with van der Waals surface area (Å²) in [7, 11) is -0.855. The highest BCUT2D eigenvalue weighted by Crippen LogP contribution is 2.43. The van der Waals surface area contributed by atoms with Crippen LogP contribution in [0.3, 0.4) is 0 Å². The Labute approximate surface area is 200 Å². The van der Waals surface area contributed by atoms with Crippen molar-refractivity contribution in [2.24, 2.45) is 0 Å². The number of anilines is 1. The number of carbonyl (C=O) groups is 1. The topological polar surface area (TPSA) is 97.4 Å². The molecule has 0 aliphatic carbocycles. The predicted octanol–water partition coefficient (Wildman–Crippen LogP) is 5.09. The standard InChI is InChI=1S/C23H20ClN3O4S2/c1-13-10-18(27-33(29,30)17-9-5-7-15(24)12-17)20-19(14-6-4-8-16(11-14)31-3)21(22(28)25-2)32-23(20)26-13/h4-12H,1-3H3,(H,25,28)(H,26,27). The molecule has 0 aliphatic rings. The van der Waals surface area contributed by atoms with E-state index in [0.29, 0.717) is 48.4 Å². The van der Waals surface area contributed by atoms with Crippen LogP contribution in [0, 0.1) is 6.92 Å². The molecule has 2 aromatic carbocycles. The lowest BCUT2D eigenvalue weighted by Gasteiger charge is -2.13. The molecule has 4 rings (SSSR count). The van der Waals surface area contributed by atoms with Crippen LogP contribution in [-0.2, 0) is 10.0 Å². The van der Waals surface area contributed by atoms with Gasteiger partial charge in [0.05, 0.1) is 17.7 Å². The highest BCUT2D eigenvalue weighted by atomic mass is 35.5. The summed E-state index contributed by atoms with van der Waals surface area (Å²) in [4.78, 5) is 18.3. The van der Waals surface area contributed by atoms with Crippen LogP contribution in [0.15, 0.2) is 59.5 Å². The molecule has 2 aromatic heterocycles. The summed E-state index contributed by atoms with van der Waals surface area (Å²) < 4.78 is 34.4. The van der Waals surface area contributed by atoms with Crippen molar-refractivity contribution in [1.29, 1.82) is 0 Å². The summed E-state index contributed by atoms with van der Waals surface area (Å²) in [5, 5.41) is 3.49. The number of amides is 1. The Hall–Kier alpha value is -3.14. The van der Waals surface area contributed by atoms with Crippen LogP contribution in [0.2, 0.25) is 5.02 Å². The monoisotopic (exact) mass is 501 g/mol. The predicted molar refractivity (Wildman–Crippen MR) is 132 cm³/mol. The van der Waals surface area contributed by atoms with Gasteiger partial charge in [0.15, 0.2) is 0 Å². The number of methoxy groups -OCH3 is 1. The number of aryl methyl sites for hydroxylation is 1. The van der Waals surface area contributed by atoms with Gasteiger partial charge in [0.25, 0.3) is 15.9 Å². The Morgan fingerprint density at radius 3 is 2.58 bits per heavy atom. The fourth-order valence-electron chi connectivity index (χ4n) is 3.47. The molecule has 0 fully saturated rings. The van der Waals surface area contributed by atoms with Gasteiger partial charge in [-0.25, -0.2) is 13.4 Å². The number of thiophene rings is 1. The maximum absolute atomic E-state index is 13.2. The van der Waals surface area contributed by atoms with Crippen LogP contribution in [-0.4, -0.2) is 33.5 Å². The SMILES string of the molecule is CNC(=O)c1sc2nc(C)cc(NS(=O)(=O)c3cccc(Cl)c3)c2c1-c1cccc(OC)c1. The van der Waals surface area contributed by atoms with Crippen LogP contribution in [0.25, 0.3) is 21.3 Å². The van der Waals surface area contributed by atoms with Crippen molar-refractivity contribution in [3.05, 3.63) is 70.2 Å². The molecule has 0 unspecified atom stereocenters. The Bertz CT molecular complexity index is 1480. The van der Waals surface area contributed by atoms with E-state index < -0.39 is 10.0 Å². The molecule has 4 aromatic rings. The number of aromatic nitrogens is 1.